The maximum Gasteiger partial charge on any atom is 0.327 e. The number of nitrogens with one attached hydrogen (secondary N) is 2. The Morgan fingerprint density at radius 2 is 1.68 bits per heavy atom. The summed E-state index contributed by atoms with van der Waals surface area (Å²) >= 11 is 17.7. The van der Waals surface area contributed by atoms with Gasteiger partial charge in [0.2, 0.25) is 10.0 Å². The van der Waals surface area contributed by atoms with Crippen LogP contribution >= 0.6 is 34.8 Å². The van der Waals surface area contributed by atoms with Crippen molar-refractivity contribution in [2.24, 2.45) is 0 Å². The molecular weight excluding hydrogens is 567 g/mol. The summed E-state index contributed by atoms with van der Waals surface area (Å²) in [6.45, 7) is 0.399. The van der Waals surface area contributed by atoms with Crippen molar-refractivity contribution in [3.8, 4) is 11.5 Å². The summed E-state index contributed by atoms with van der Waals surface area (Å²) < 4.78 is 38.1. The van der Waals surface area contributed by atoms with Gasteiger partial charge in [0.25, 0.3) is 5.91 Å². The van der Waals surface area contributed by atoms with E-state index >= 15 is 0 Å². The predicted molar refractivity (Wildman–Crippen MR) is 140 cm³/mol. The molecule has 0 radical (unpaired) electrons. The van der Waals surface area contributed by atoms with Crippen LogP contribution in [-0.4, -0.2) is 44.2 Å². The number of halogens is 3. The monoisotopic (exact) mass is 586 g/mol. The van der Waals surface area contributed by atoms with E-state index in [0.717, 1.165) is 6.07 Å². The molecule has 9 nitrogen and oxygen atoms in total. The molecule has 0 aliphatic carbocycles. The number of rotatable bonds is 10. The number of sulfonamides is 1. The van der Waals surface area contributed by atoms with Gasteiger partial charge in [-0.2, -0.15) is 4.72 Å². The average Bonchev–Trinajstić information content (AvgIpc) is 2.85. The lowest BCUT2D eigenvalue weighted by molar-refractivity contribution is -0.151. The van der Waals surface area contributed by atoms with Gasteiger partial charge >= 0.3 is 5.97 Å². The molecule has 0 aliphatic rings. The van der Waals surface area contributed by atoms with E-state index < -0.39 is 40.7 Å². The molecule has 1 amide bonds. The minimum absolute atomic E-state index is 0.0194. The van der Waals surface area contributed by atoms with Gasteiger partial charge in [-0.3, -0.25) is 9.59 Å². The lowest BCUT2D eigenvalue weighted by Gasteiger charge is -2.20. The fourth-order valence-corrected chi connectivity index (χ4v) is 4.76. The van der Waals surface area contributed by atoms with Gasteiger partial charge in [0.15, 0.2) is 12.4 Å². The van der Waals surface area contributed by atoms with E-state index in [1.165, 1.54) is 25.1 Å². The Morgan fingerprint density at radius 3 is 2.32 bits per heavy atom. The van der Waals surface area contributed by atoms with Crippen molar-refractivity contribution >= 4 is 62.4 Å². The van der Waals surface area contributed by atoms with Gasteiger partial charge in [-0.1, -0.05) is 53.0 Å². The zero-order valence-corrected chi connectivity index (χ0v) is 22.2. The predicted octanol–water partition coefficient (Wildman–Crippen LogP) is 4.65. The van der Waals surface area contributed by atoms with E-state index in [4.69, 9.17) is 44.3 Å². The first-order valence-corrected chi connectivity index (χ1v) is 13.2. The molecule has 0 saturated carbocycles. The molecule has 3 N–H and O–H groups in total. The molecule has 0 spiro atoms. The smallest absolute Gasteiger partial charge is 0.327 e. The van der Waals surface area contributed by atoms with Crippen LogP contribution in [0.5, 0.6) is 11.5 Å². The molecule has 0 heterocycles. The Balaban J connectivity index is 1.66. The van der Waals surface area contributed by atoms with E-state index in [1.807, 2.05) is 10.8 Å². The third-order valence-corrected chi connectivity index (χ3v) is 7.16. The molecule has 196 valence electrons. The Bertz CT molecular complexity index is 1390. The van der Waals surface area contributed by atoms with Crippen LogP contribution in [0.4, 0.5) is 5.69 Å². The van der Waals surface area contributed by atoms with Crippen molar-refractivity contribution in [3.63, 3.8) is 0 Å². The fraction of sp³-hybridized carbons (Fsp3) is 0.167. The number of aliphatic hydroxyl groups is 1. The quantitative estimate of drug-likeness (QED) is 0.294. The fourth-order valence-electron chi connectivity index (χ4n) is 2.94. The zero-order valence-electron chi connectivity index (χ0n) is 19.2. The van der Waals surface area contributed by atoms with Gasteiger partial charge in [0.05, 0.1) is 26.7 Å². The van der Waals surface area contributed by atoms with Crippen LogP contribution in [0.3, 0.4) is 0 Å². The molecule has 13 heteroatoms. The zero-order chi connectivity index (χ0) is 27.2. The summed E-state index contributed by atoms with van der Waals surface area (Å²) in [6, 6.07) is 15.2. The van der Waals surface area contributed by atoms with Crippen LogP contribution in [0.1, 0.15) is 6.92 Å². The lowest BCUT2D eigenvalue weighted by Crippen LogP contribution is -2.48. The van der Waals surface area contributed by atoms with Crippen molar-refractivity contribution in [1.29, 1.82) is 0 Å². The van der Waals surface area contributed by atoms with Crippen LogP contribution in [0.15, 0.2) is 71.6 Å². The minimum Gasteiger partial charge on any atom is -0.455 e. The third-order valence-electron chi connectivity index (χ3n) is 4.75. The van der Waals surface area contributed by atoms with Gasteiger partial charge < -0.3 is 19.9 Å². The third kappa shape index (κ3) is 8.06. The number of esters is 1. The first kappa shape index (κ1) is 28.7. The van der Waals surface area contributed by atoms with Crippen LogP contribution < -0.4 is 14.8 Å². The number of para-hydroxylation sites is 1. The van der Waals surface area contributed by atoms with E-state index in [-0.39, 0.29) is 26.4 Å². The highest BCUT2D eigenvalue weighted by atomic mass is 35.5. The van der Waals surface area contributed by atoms with Crippen molar-refractivity contribution in [3.05, 3.63) is 81.8 Å². The number of hydrogen-bond acceptors (Lipinski definition) is 7. The van der Waals surface area contributed by atoms with Crippen molar-refractivity contribution < 1.29 is 32.6 Å². The van der Waals surface area contributed by atoms with Crippen LogP contribution in [-0.2, 0) is 24.3 Å². The van der Waals surface area contributed by atoms with Gasteiger partial charge in [0, 0.05) is 5.02 Å². The van der Waals surface area contributed by atoms with Crippen molar-refractivity contribution in [2.45, 2.75) is 24.0 Å². The summed E-state index contributed by atoms with van der Waals surface area (Å²) in [5.74, 6) is -1.14. The largest absolute Gasteiger partial charge is 0.455 e. The van der Waals surface area contributed by atoms with Crippen LogP contribution in [0.2, 0.25) is 15.1 Å². The standard InChI is InChI=1S/C24H21Cl3N2O7S/c1-14(30)23(29-37(33,34)17-8-9-18(26)19(27)12-17)24(32)35-13-22(31)28-20-11-15(25)7-10-21(20)36-16-5-3-2-4-6-16/h2-12,14,23,29-30H,13H2,1H3,(H,28,31)/t14-,23-/m1/s1. The molecule has 0 bridgehead atoms. The maximum absolute atomic E-state index is 12.7. The molecule has 0 aliphatic heterocycles. The Morgan fingerprint density at radius 1 is 0.973 bits per heavy atom. The normalized spacial score (nSPS) is 12.9. The second-order valence-electron chi connectivity index (χ2n) is 7.63. The molecular formula is C24H21Cl3N2O7S. The summed E-state index contributed by atoms with van der Waals surface area (Å²) in [6.07, 6.45) is -1.49. The topological polar surface area (TPSA) is 131 Å². The number of amides is 1. The van der Waals surface area contributed by atoms with Gasteiger partial charge in [-0.25, -0.2) is 8.42 Å². The second-order valence-corrected chi connectivity index (χ2v) is 10.6. The van der Waals surface area contributed by atoms with E-state index in [2.05, 4.69) is 5.32 Å². The summed E-state index contributed by atoms with van der Waals surface area (Å²) in [7, 11) is -4.30. The van der Waals surface area contributed by atoms with Gasteiger partial charge in [-0.05, 0) is 55.5 Å². The molecule has 0 aromatic heterocycles. The number of anilines is 1. The minimum atomic E-state index is -4.30. The SMILES string of the molecule is C[C@@H](O)[C@@H](NS(=O)(=O)c1ccc(Cl)c(Cl)c1)C(=O)OCC(=O)Nc1cc(Cl)ccc1Oc1ccccc1. The van der Waals surface area contributed by atoms with Crippen LogP contribution in [0, 0.1) is 0 Å². The number of aliphatic hydroxyl groups excluding tert-OH is 1. The van der Waals surface area contributed by atoms with Crippen molar-refractivity contribution in [2.75, 3.05) is 11.9 Å². The number of benzene rings is 3. The number of carbonyl (C=O) groups excluding carboxylic acids is 2. The molecule has 0 fully saturated rings. The molecule has 0 saturated heterocycles. The highest BCUT2D eigenvalue weighted by Gasteiger charge is 2.31. The Hall–Kier alpha value is -2.86. The first-order valence-electron chi connectivity index (χ1n) is 10.6. The molecule has 3 aromatic rings. The van der Waals surface area contributed by atoms with Gasteiger partial charge in [0.1, 0.15) is 11.8 Å². The molecule has 37 heavy (non-hydrogen) atoms. The summed E-state index contributed by atoms with van der Waals surface area (Å²) in [5.41, 5.74) is 0.213. The van der Waals surface area contributed by atoms with E-state index in [0.29, 0.717) is 10.8 Å². The maximum atomic E-state index is 12.7. The second kappa shape index (κ2) is 12.6. The van der Waals surface area contributed by atoms with E-state index in [1.54, 1.807) is 36.4 Å². The molecule has 0 unspecified atom stereocenters. The number of hydrogen-bond donors (Lipinski definition) is 3. The highest BCUT2D eigenvalue weighted by molar-refractivity contribution is 7.89. The Labute approximate surface area is 228 Å². The average molecular weight is 588 g/mol. The lowest BCUT2D eigenvalue weighted by atomic mass is 10.2. The summed E-state index contributed by atoms with van der Waals surface area (Å²) in [4.78, 5) is 24.8. The number of carbonyl (C=O) groups is 2. The van der Waals surface area contributed by atoms with Gasteiger partial charge in [-0.15, -0.1) is 0 Å². The van der Waals surface area contributed by atoms with Crippen molar-refractivity contribution in [1.82, 2.24) is 4.72 Å². The summed E-state index contributed by atoms with van der Waals surface area (Å²) in [5, 5.41) is 13.0. The van der Waals surface area contributed by atoms with E-state index in [9.17, 15) is 23.1 Å². The molecule has 2 atom stereocenters. The Kier molecular flexibility index (Phi) is 9.77. The molecule has 3 rings (SSSR count). The molecule has 3 aromatic carbocycles. The van der Waals surface area contributed by atoms with Crippen LogP contribution in [0.25, 0.3) is 0 Å². The highest BCUT2D eigenvalue weighted by Crippen LogP contribution is 2.32. The first-order chi connectivity index (χ1) is 17.5. The number of ether oxygens (including phenoxy) is 2.